The second-order valence-electron chi connectivity index (χ2n) is 5.39. The molecule has 1 aromatic heterocycles. The Kier molecular flexibility index (Phi) is 2.81. The molecule has 1 saturated heterocycles. The Balaban J connectivity index is 1.75. The van der Waals surface area contributed by atoms with Crippen molar-refractivity contribution in [3.05, 3.63) is 59.4 Å². The van der Waals surface area contributed by atoms with Gasteiger partial charge >= 0.3 is 0 Å². The highest BCUT2D eigenvalue weighted by atomic mass is 16.2. The number of carbonyl (C=O) groups is 1. The minimum Gasteiger partial charge on any atom is -0.312 e. The molecule has 2 aliphatic heterocycles. The maximum Gasteiger partial charge on any atom is 0.227 e. The van der Waals surface area contributed by atoms with Gasteiger partial charge in [-0.05, 0) is 36.2 Å². The molecule has 0 spiro atoms. The van der Waals surface area contributed by atoms with Crippen molar-refractivity contribution in [1.82, 2.24) is 4.98 Å². The molecule has 21 heavy (non-hydrogen) atoms. The monoisotopic (exact) mass is 277 g/mol. The molecule has 0 saturated carbocycles. The topological polar surface area (TPSA) is 45.6 Å². The van der Waals surface area contributed by atoms with Crippen molar-refractivity contribution < 1.29 is 4.79 Å². The Labute approximate surface area is 123 Å². The molecule has 0 unspecified atom stereocenters. The lowest BCUT2D eigenvalue weighted by molar-refractivity contribution is -0.117. The van der Waals surface area contributed by atoms with E-state index in [-0.39, 0.29) is 5.91 Å². The van der Waals surface area contributed by atoms with Crippen LogP contribution in [0.2, 0.25) is 0 Å². The van der Waals surface area contributed by atoms with Crippen LogP contribution in [-0.2, 0) is 11.3 Å². The summed E-state index contributed by atoms with van der Waals surface area (Å²) >= 11 is 0. The molecule has 4 rings (SSSR count). The maximum absolute atomic E-state index is 11.9. The molecule has 0 N–H and O–H groups in total. The van der Waals surface area contributed by atoms with E-state index >= 15 is 0 Å². The summed E-state index contributed by atoms with van der Waals surface area (Å²) in [6.07, 6.45) is 5.16. The lowest BCUT2D eigenvalue weighted by Crippen LogP contribution is -2.23. The Morgan fingerprint density at radius 2 is 1.95 bits per heavy atom. The SMILES string of the molecule is O=C1CCCN1c1ccc2c(c1)C(c1ccncc1)=NC2. The van der Waals surface area contributed by atoms with Crippen LogP contribution in [-0.4, -0.2) is 23.1 Å². The molecule has 0 bridgehead atoms. The molecule has 2 aliphatic rings. The van der Waals surface area contributed by atoms with Crippen LogP contribution in [0.5, 0.6) is 0 Å². The fourth-order valence-corrected chi connectivity index (χ4v) is 3.02. The van der Waals surface area contributed by atoms with Crippen molar-refractivity contribution in [3.63, 3.8) is 0 Å². The molecule has 2 aromatic rings. The van der Waals surface area contributed by atoms with Gasteiger partial charge in [-0.2, -0.15) is 0 Å². The van der Waals surface area contributed by atoms with Crippen LogP contribution in [0.15, 0.2) is 47.7 Å². The van der Waals surface area contributed by atoms with E-state index in [0.29, 0.717) is 13.0 Å². The van der Waals surface area contributed by atoms with Gasteiger partial charge in [0.2, 0.25) is 5.91 Å². The largest absolute Gasteiger partial charge is 0.312 e. The average Bonchev–Trinajstić information content (AvgIpc) is 3.13. The number of carbonyl (C=O) groups excluding carboxylic acids is 1. The average molecular weight is 277 g/mol. The van der Waals surface area contributed by atoms with E-state index in [1.807, 2.05) is 23.1 Å². The molecular weight excluding hydrogens is 262 g/mol. The Hall–Kier alpha value is -2.49. The lowest BCUT2D eigenvalue weighted by Gasteiger charge is -2.17. The summed E-state index contributed by atoms with van der Waals surface area (Å²) < 4.78 is 0. The maximum atomic E-state index is 11.9. The Morgan fingerprint density at radius 1 is 1.10 bits per heavy atom. The first-order chi connectivity index (χ1) is 10.3. The quantitative estimate of drug-likeness (QED) is 0.847. The third-order valence-corrected chi connectivity index (χ3v) is 4.09. The van der Waals surface area contributed by atoms with Gasteiger partial charge < -0.3 is 4.90 Å². The highest BCUT2D eigenvalue weighted by Gasteiger charge is 2.24. The summed E-state index contributed by atoms with van der Waals surface area (Å²) in [6, 6.07) is 10.2. The summed E-state index contributed by atoms with van der Waals surface area (Å²) in [5, 5.41) is 0. The zero-order valence-electron chi connectivity index (χ0n) is 11.6. The van der Waals surface area contributed by atoms with E-state index in [1.165, 1.54) is 5.56 Å². The van der Waals surface area contributed by atoms with Crippen LogP contribution < -0.4 is 4.90 Å². The van der Waals surface area contributed by atoms with Gasteiger partial charge in [-0.25, -0.2) is 0 Å². The number of benzene rings is 1. The fourth-order valence-electron chi connectivity index (χ4n) is 3.02. The van der Waals surface area contributed by atoms with Gasteiger partial charge in [0.1, 0.15) is 0 Å². The molecular formula is C17H15N3O. The molecule has 3 heterocycles. The minimum atomic E-state index is 0.218. The second kappa shape index (κ2) is 4.81. The van der Waals surface area contributed by atoms with Gasteiger partial charge in [0.25, 0.3) is 0 Å². The molecule has 4 nitrogen and oxygen atoms in total. The van der Waals surface area contributed by atoms with Crippen LogP contribution in [0.25, 0.3) is 0 Å². The van der Waals surface area contributed by atoms with E-state index in [4.69, 9.17) is 0 Å². The van der Waals surface area contributed by atoms with Gasteiger partial charge in [-0.1, -0.05) is 6.07 Å². The molecule has 1 fully saturated rings. The standard InChI is InChI=1S/C17H15N3O/c21-16-2-1-9-20(16)14-4-3-13-11-19-17(15(13)10-14)12-5-7-18-8-6-12/h3-8,10H,1-2,9,11H2. The highest BCUT2D eigenvalue weighted by molar-refractivity contribution is 6.15. The van der Waals surface area contributed by atoms with E-state index in [2.05, 4.69) is 22.1 Å². The summed E-state index contributed by atoms with van der Waals surface area (Å²) in [5.74, 6) is 0.218. The first-order valence-corrected chi connectivity index (χ1v) is 7.21. The summed E-state index contributed by atoms with van der Waals surface area (Å²) in [4.78, 5) is 22.5. The fraction of sp³-hybridized carbons (Fsp3) is 0.235. The smallest absolute Gasteiger partial charge is 0.227 e. The lowest BCUT2D eigenvalue weighted by atomic mass is 10.00. The number of anilines is 1. The van der Waals surface area contributed by atoms with E-state index in [0.717, 1.165) is 35.5 Å². The highest BCUT2D eigenvalue weighted by Crippen LogP contribution is 2.29. The first kappa shape index (κ1) is 12.3. The molecule has 0 atom stereocenters. The van der Waals surface area contributed by atoms with Gasteiger partial charge in [0, 0.05) is 42.2 Å². The van der Waals surface area contributed by atoms with Crippen molar-refractivity contribution in [2.24, 2.45) is 4.99 Å². The van der Waals surface area contributed by atoms with Crippen LogP contribution in [0, 0.1) is 0 Å². The number of hydrogen-bond acceptors (Lipinski definition) is 3. The van der Waals surface area contributed by atoms with Gasteiger partial charge in [0.05, 0.1) is 12.3 Å². The number of rotatable bonds is 2. The number of hydrogen-bond donors (Lipinski definition) is 0. The van der Waals surface area contributed by atoms with Crippen LogP contribution in [0.1, 0.15) is 29.5 Å². The molecule has 1 amide bonds. The zero-order valence-corrected chi connectivity index (χ0v) is 11.6. The van der Waals surface area contributed by atoms with Crippen molar-refractivity contribution in [2.75, 3.05) is 11.4 Å². The number of nitrogens with zero attached hydrogens (tertiary/aromatic N) is 3. The van der Waals surface area contributed by atoms with Crippen molar-refractivity contribution in [1.29, 1.82) is 0 Å². The third-order valence-electron chi connectivity index (χ3n) is 4.09. The van der Waals surface area contributed by atoms with Gasteiger partial charge in [-0.15, -0.1) is 0 Å². The van der Waals surface area contributed by atoms with Gasteiger partial charge in [0.15, 0.2) is 0 Å². The molecule has 0 radical (unpaired) electrons. The number of amides is 1. The number of pyridine rings is 1. The minimum absolute atomic E-state index is 0.218. The first-order valence-electron chi connectivity index (χ1n) is 7.21. The number of aliphatic imine (C=N–C) groups is 1. The predicted molar refractivity (Wildman–Crippen MR) is 81.6 cm³/mol. The van der Waals surface area contributed by atoms with Gasteiger partial charge in [-0.3, -0.25) is 14.8 Å². The molecule has 1 aromatic carbocycles. The van der Waals surface area contributed by atoms with Crippen molar-refractivity contribution >= 4 is 17.3 Å². The molecule has 0 aliphatic carbocycles. The Bertz CT molecular complexity index is 737. The Morgan fingerprint density at radius 3 is 2.71 bits per heavy atom. The molecule has 4 heteroatoms. The third kappa shape index (κ3) is 2.03. The number of aromatic nitrogens is 1. The summed E-state index contributed by atoms with van der Waals surface area (Å²) in [6.45, 7) is 1.53. The summed E-state index contributed by atoms with van der Waals surface area (Å²) in [7, 11) is 0. The summed E-state index contributed by atoms with van der Waals surface area (Å²) in [5.41, 5.74) is 5.42. The van der Waals surface area contributed by atoms with Crippen LogP contribution >= 0.6 is 0 Å². The molecule has 104 valence electrons. The van der Waals surface area contributed by atoms with Crippen LogP contribution in [0.4, 0.5) is 5.69 Å². The predicted octanol–water partition coefficient (Wildman–Crippen LogP) is 2.56. The zero-order chi connectivity index (χ0) is 14.2. The van der Waals surface area contributed by atoms with Crippen molar-refractivity contribution in [2.45, 2.75) is 19.4 Å². The normalized spacial score (nSPS) is 17.0. The van der Waals surface area contributed by atoms with E-state index in [1.54, 1.807) is 12.4 Å². The van der Waals surface area contributed by atoms with E-state index in [9.17, 15) is 4.79 Å². The van der Waals surface area contributed by atoms with E-state index < -0.39 is 0 Å². The van der Waals surface area contributed by atoms with Crippen LogP contribution in [0.3, 0.4) is 0 Å². The van der Waals surface area contributed by atoms with Crippen molar-refractivity contribution in [3.8, 4) is 0 Å². The second-order valence-corrected chi connectivity index (χ2v) is 5.39. The number of fused-ring (bicyclic) bond motifs is 1.